The summed E-state index contributed by atoms with van der Waals surface area (Å²) in [6.45, 7) is 7.92. The Labute approximate surface area is 110 Å². The van der Waals surface area contributed by atoms with Crippen molar-refractivity contribution in [3.05, 3.63) is 56.8 Å². The fraction of sp³-hybridized carbons (Fsp3) is 0.286. The van der Waals surface area contributed by atoms with Gasteiger partial charge in [-0.1, -0.05) is 23.8 Å². The number of hydrogen-bond donors (Lipinski definition) is 1. The predicted molar refractivity (Wildman–Crippen MR) is 74.3 cm³/mol. The molecule has 1 heterocycles. The molecule has 5 nitrogen and oxygen atoms in total. The van der Waals surface area contributed by atoms with Gasteiger partial charge in [-0.05, 0) is 26.0 Å². The number of ether oxygens (including phenoxy) is 1. The SMILES string of the molecule is C=C(C)COCn1c(=O)[nH]c(=O)c2cc(C)ccc21. The van der Waals surface area contributed by atoms with E-state index in [9.17, 15) is 9.59 Å². The van der Waals surface area contributed by atoms with Crippen LogP contribution in [0.3, 0.4) is 0 Å². The zero-order chi connectivity index (χ0) is 14.0. The second-order valence-corrected chi connectivity index (χ2v) is 4.64. The van der Waals surface area contributed by atoms with Crippen molar-refractivity contribution in [1.82, 2.24) is 9.55 Å². The Morgan fingerprint density at radius 1 is 1.42 bits per heavy atom. The summed E-state index contributed by atoms with van der Waals surface area (Å²) < 4.78 is 6.78. The number of aromatic nitrogens is 2. The molecule has 0 aliphatic rings. The third-order valence-corrected chi connectivity index (χ3v) is 2.72. The lowest BCUT2D eigenvalue weighted by atomic mass is 10.2. The third-order valence-electron chi connectivity index (χ3n) is 2.72. The largest absolute Gasteiger partial charge is 0.356 e. The number of fused-ring (bicyclic) bond motifs is 1. The Kier molecular flexibility index (Phi) is 3.66. The summed E-state index contributed by atoms with van der Waals surface area (Å²) in [6, 6.07) is 5.37. The van der Waals surface area contributed by atoms with Gasteiger partial charge < -0.3 is 4.74 Å². The Bertz CT molecular complexity index is 740. The Balaban J connectivity index is 2.51. The van der Waals surface area contributed by atoms with Gasteiger partial charge in [-0.2, -0.15) is 0 Å². The fourth-order valence-electron chi connectivity index (χ4n) is 1.85. The van der Waals surface area contributed by atoms with Crippen LogP contribution in [0.5, 0.6) is 0 Å². The third kappa shape index (κ3) is 2.82. The van der Waals surface area contributed by atoms with Gasteiger partial charge in [0.2, 0.25) is 0 Å². The summed E-state index contributed by atoms with van der Waals surface area (Å²) in [7, 11) is 0. The quantitative estimate of drug-likeness (QED) is 0.848. The molecule has 0 unspecified atom stereocenters. The molecule has 0 radical (unpaired) electrons. The van der Waals surface area contributed by atoms with Gasteiger partial charge in [-0.15, -0.1) is 0 Å². The van der Waals surface area contributed by atoms with Gasteiger partial charge >= 0.3 is 5.69 Å². The minimum atomic E-state index is -0.469. The zero-order valence-electron chi connectivity index (χ0n) is 11.0. The van der Waals surface area contributed by atoms with Gasteiger partial charge in [0.05, 0.1) is 17.5 Å². The van der Waals surface area contributed by atoms with Gasteiger partial charge in [0, 0.05) is 0 Å². The van der Waals surface area contributed by atoms with Crippen LogP contribution in [0, 0.1) is 6.92 Å². The molecule has 2 rings (SSSR count). The summed E-state index contributed by atoms with van der Waals surface area (Å²) in [5.74, 6) is 0. The van der Waals surface area contributed by atoms with Crippen molar-refractivity contribution < 1.29 is 4.74 Å². The first-order valence-corrected chi connectivity index (χ1v) is 5.94. The normalized spacial score (nSPS) is 10.8. The Morgan fingerprint density at radius 3 is 2.84 bits per heavy atom. The highest BCUT2D eigenvalue weighted by Crippen LogP contribution is 2.10. The summed E-state index contributed by atoms with van der Waals surface area (Å²) in [5.41, 5.74) is 1.56. The molecular weight excluding hydrogens is 244 g/mol. The molecule has 5 heteroatoms. The Morgan fingerprint density at radius 2 is 2.16 bits per heavy atom. The zero-order valence-corrected chi connectivity index (χ0v) is 11.0. The number of aryl methyl sites for hydroxylation is 1. The number of nitrogens with one attached hydrogen (secondary N) is 1. The van der Waals surface area contributed by atoms with Crippen LogP contribution in [0.15, 0.2) is 39.9 Å². The summed E-state index contributed by atoms with van der Waals surface area (Å²) in [6.07, 6.45) is 0. The number of hydrogen-bond acceptors (Lipinski definition) is 3. The van der Waals surface area contributed by atoms with Crippen molar-refractivity contribution in [2.45, 2.75) is 20.6 Å². The van der Waals surface area contributed by atoms with Crippen LogP contribution >= 0.6 is 0 Å². The van der Waals surface area contributed by atoms with Crippen LogP contribution in [0.25, 0.3) is 10.9 Å². The van der Waals surface area contributed by atoms with E-state index in [0.717, 1.165) is 11.1 Å². The Hall–Kier alpha value is -2.14. The maximum Gasteiger partial charge on any atom is 0.330 e. The second-order valence-electron chi connectivity index (χ2n) is 4.64. The summed E-state index contributed by atoms with van der Waals surface area (Å²) in [4.78, 5) is 25.9. The average molecular weight is 260 g/mol. The average Bonchev–Trinajstić information content (AvgIpc) is 2.33. The predicted octanol–water partition coefficient (Wildman–Crippen LogP) is 1.55. The van der Waals surface area contributed by atoms with E-state index in [2.05, 4.69) is 11.6 Å². The van der Waals surface area contributed by atoms with E-state index >= 15 is 0 Å². The second kappa shape index (κ2) is 5.24. The highest BCUT2D eigenvalue weighted by molar-refractivity contribution is 5.78. The molecule has 1 aromatic carbocycles. The molecule has 0 saturated heterocycles. The van der Waals surface area contributed by atoms with Crippen molar-refractivity contribution >= 4 is 10.9 Å². The van der Waals surface area contributed by atoms with E-state index in [1.54, 1.807) is 12.1 Å². The van der Waals surface area contributed by atoms with E-state index in [-0.39, 0.29) is 12.3 Å². The van der Waals surface area contributed by atoms with Gasteiger partial charge in [-0.25, -0.2) is 4.79 Å². The molecule has 19 heavy (non-hydrogen) atoms. The molecule has 0 aliphatic heterocycles. The number of nitrogens with zero attached hydrogens (tertiary/aromatic N) is 1. The monoisotopic (exact) mass is 260 g/mol. The number of aromatic amines is 1. The first kappa shape index (κ1) is 13.3. The van der Waals surface area contributed by atoms with Crippen LogP contribution in [-0.2, 0) is 11.5 Å². The van der Waals surface area contributed by atoms with Gasteiger partial charge in [0.25, 0.3) is 5.56 Å². The van der Waals surface area contributed by atoms with Crippen LogP contribution in [0.1, 0.15) is 12.5 Å². The van der Waals surface area contributed by atoms with Crippen molar-refractivity contribution in [1.29, 1.82) is 0 Å². The van der Waals surface area contributed by atoms with Gasteiger partial charge in [0.15, 0.2) is 0 Å². The molecule has 0 amide bonds. The molecule has 1 aromatic heterocycles. The highest BCUT2D eigenvalue weighted by atomic mass is 16.5. The van der Waals surface area contributed by atoms with Crippen LogP contribution < -0.4 is 11.2 Å². The highest BCUT2D eigenvalue weighted by Gasteiger charge is 2.07. The van der Waals surface area contributed by atoms with Gasteiger partial charge in [-0.3, -0.25) is 14.3 Å². The smallest absolute Gasteiger partial charge is 0.330 e. The minimum absolute atomic E-state index is 0.0854. The van der Waals surface area contributed by atoms with Crippen molar-refractivity contribution in [3.8, 4) is 0 Å². The van der Waals surface area contributed by atoms with Crippen molar-refractivity contribution in [2.24, 2.45) is 0 Å². The van der Waals surface area contributed by atoms with Crippen molar-refractivity contribution in [2.75, 3.05) is 6.61 Å². The first-order valence-electron chi connectivity index (χ1n) is 5.94. The molecule has 2 aromatic rings. The maximum atomic E-state index is 11.8. The molecule has 1 N–H and O–H groups in total. The van der Waals surface area contributed by atoms with Crippen LogP contribution in [0.4, 0.5) is 0 Å². The maximum absolute atomic E-state index is 11.8. The van der Waals surface area contributed by atoms with E-state index in [4.69, 9.17) is 4.74 Å². The van der Waals surface area contributed by atoms with Crippen LogP contribution in [0.2, 0.25) is 0 Å². The molecule has 100 valence electrons. The topological polar surface area (TPSA) is 64.1 Å². The first-order chi connectivity index (χ1) is 8.99. The van der Waals surface area contributed by atoms with E-state index in [0.29, 0.717) is 17.5 Å². The van der Waals surface area contributed by atoms with Crippen LogP contribution in [-0.4, -0.2) is 16.2 Å². The molecule has 0 spiro atoms. The number of benzene rings is 1. The lowest BCUT2D eigenvalue weighted by Gasteiger charge is -2.10. The fourth-order valence-corrected chi connectivity index (χ4v) is 1.85. The number of rotatable bonds is 4. The van der Waals surface area contributed by atoms with E-state index < -0.39 is 5.69 Å². The molecule has 0 bridgehead atoms. The number of H-pyrrole nitrogens is 1. The molecule has 0 saturated carbocycles. The molecule has 0 aliphatic carbocycles. The van der Waals surface area contributed by atoms with E-state index in [1.807, 2.05) is 19.9 Å². The standard InChI is InChI=1S/C14H16N2O3/c1-9(2)7-19-8-16-12-5-4-10(3)6-11(12)13(17)15-14(16)18/h4-6H,1,7-8H2,2-3H3,(H,15,17,18). The summed E-state index contributed by atoms with van der Waals surface area (Å²) >= 11 is 0. The molecule has 0 atom stereocenters. The van der Waals surface area contributed by atoms with Gasteiger partial charge in [0.1, 0.15) is 6.73 Å². The van der Waals surface area contributed by atoms with E-state index in [1.165, 1.54) is 4.57 Å². The lowest BCUT2D eigenvalue weighted by Crippen LogP contribution is -2.31. The lowest BCUT2D eigenvalue weighted by molar-refractivity contribution is 0.0950. The minimum Gasteiger partial charge on any atom is -0.356 e. The summed E-state index contributed by atoms with van der Waals surface area (Å²) in [5, 5.41) is 0.485. The molecular formula is C14H16N2O3. The molecule has 0 fully saturated rings. The van der Waals surface area contributed by atoms with Crippen molar-refractivity contribution in [3.63, 3.8) is 0 Å².